The number of rotatable bonds is 2. The van der Waals surface area contributed by atoms with Crippen LogP contribution in [0.1, 0.15) is 24.1 Å². The fourth-order valence-corrected chi connectivity index (χ4v) is 2.13. The summed E-state index contributed by atoms with van der Waals surface area (Å²) < 4.78 is 0. The zero-order valence-corrected chi connectivity index (χ0v) is 10.2. The molecule has 4 heteroatoms. The van der Waals surface area contributed by atoms with Crippen LogP contribution < -0.4 is 0 Å². The van der Waals surface area contributed by atoms with Crippen molar-refractivity contribution in [2.75, 3.05) is 0 Å². The van der Waals surface area contributed by atoms with Crippen LogP contribution >= 0.6 is 23.2 Å². The summed E-state index contributed by atoms with van der Waals surface area (Å²) in [5.41, 5.74) is 1.90. The molecule has 2 rings (SSSR count). The minimum atomic E-state index is 0.110. The Balaban J connectivity index is 2.38. The third-order valence-corrected chi connectivity index (χ3v) is 3.03. The lowest BCUT2D eigenvalue weighted by Gasteiger charge is -2.12. The molecule has 1 unspecified atom stereocenters. The smallest absolute Gasteiger partial charge is 0.0703 e. The van der Waals surface area contributed by atoms with Crippen LogP contribution in [0.25, 0.3) is 0 Å². The average Bonchev–Trinajstić information content (AvgIpc) is 2.29. The first kappa shape index (κ1) is 11.4. The third kappa shape index (κ3) is 2.34. The molecule has 2 nitrogen and oxygen atoms in total. The third-order valence-electron chi connectivity index (χ3n) is 2.47. The van der Waals surface area contributed by atoms with Crippen molar-refractivity contribution in [3.63, 3.8) is 0 Å². The zero-order chi connectivity index (χ0) is 11.5. The topological polar surface area (TPSA) is 25.8 Å². The molecule has 1 heterocycles. The first-order valence-corrected chi connectivity index (χ1v) is 5.66. The van der Waals surface area contributed by atoms with Gasteiger partial charge in [-0.05, 0) is 29.8 Å². The van der Waals surface area contributed by atoms with Gasteiger partial charge >= 0.3 is 0 Å². The Morgan fingerprint density at radius 3 is 2.62 bits per heavy atom. The number of aromatic nitrogens is 2. The fourth-order valence-electron chi connectivity index (χ4n) is 1.56. The lowest BCUT2D eigenvalue weighted by Crippen LogP contribution is -2.00. The maximum absolute atomic E-state index is 6.14. The van der Waals surface area contributed by atoms with Gasteiger partial charge in [0, 0.05) is 22.2 Å². The Hall–Kier alpha value is -1.12. The molecule has 0 aliphatic rings. The van der Waals surface area contributed by atoms with Gasteiger partial charge in [-0.3, -0.25) is 0 Å². The predicted octanol–water partition coefficient (Wildman–Crippen LogP) is 3.94. The summed E-state index contributed by atoms with van der Waals surface area (Å²) in [6, 6.07) is 9.29. The summed E-state index contributed by atoms with van der Waals surface area (Å²) in [4.78, 5) is 0. The Morgan fingerprint density at radius 2 is 2.00 bits per heavy atom. The van der Waals surface area contributed by atoms with Crippen LogP contribution in [0.15, 0.2) is 36.5 Å². The Kier molecular flexibility index (Phi) is 3.42. The van der Waals surface area contributed by atoms with Crippen molar-refractivity contribution in [1.82, 2.24) is 10.2 Å². The molecule has 0 aliphatic heterocycles. The average molecular weight is 253 g/mol. The minimum absolute atomic E-state index is 0.110. The molecular weight excluding hydrogens is 243 g/mol. The molecule has 82 valence electrons. The van der Waals surface area contributed by atoms with E-state index in [1.807, 2.05) is 31.2 Å². The second-order valence-electron chi connectivity index (χ2n) is 3.54. The van der Waals surface area contributed by atoms with Gasteiger partial charge in [0.1, 0.15) is 0 Å². The van der Waals surface area contributed by atoms with E-state index in [4.69, 9.17) is 23.2 Å². The predicted molar refractivity (Wildman–Crippen MR) is 66.0 cm³/mol. The van der Waals surface area contributed by atoms with Crippen molar-refractivity contribution in [3.8, 4) is 0 Å². The Bertz CT molecular complexity index is 486. The molecule has 0 amide bonds. The van der Waals surface area contributed by atoms with Crippen LogP contribution in [0.5, 0.6) is 0 Å². The van der Waals surface area contributed by atoms with Crippen molar-refractivity contribution in [2.45, 2.75) is 12.8 Å². The van der Waals surface area contributed by atoms with Crippen molar-refractivity contribution in [1.29, 1.82) is 0 Å². The normalized spacial score (nSPS) is 12.4. The largest absolute Gasteiger partial charge is 0.159 e. The maximum Gasteiger partial charge on any atom is 0.0703 e. The molecule has 0 saturated heterocycles. The standard InChI is InChI=1S/C12H10Cl2N2/c1-8(12-3-2-6-15-16-12)10-5-4-9(13)7-11(10)14/h2-8H,1H3. The van der Waals surface area contributed by atoms with E-state index in [9.17, 15) is 0 Å². The van der Waals surface area contributed by atoms with Crippen LogP contribution in [-0.4, -0.2) is 10.2 Å². The van der Waals surface area contributed by atoms with E-state index in [1.165, 1.54) is 0 Å². The van der Waals surface area contributed by atoms with Gasteiger partial charge in [0.2, 0.25) is 0 Å². The van der Waals surface area contributed by atoms with Crippen molar-refractivity contribution in [2.24, 2.45) is 0 Å². The molecule has 0 bridgehead atoms. The van der Waals surface area contributed by atoms with Crippen LogP contribution in [-0.2, 0) is 0 Å². The first-order valence-electron chi connectivity index (χ1n) is 4.91. The Labute approximate surface area is 104 Å². The fraction of sp³-hybridized carbons (Fsp3) is 0.167. The van der Waals surface area contributed by atoms with Gasteiger partial charge in [-0.2, -0.15) is 10.2 Å². The van der Waals surface area contributed by atoms with E-state index in [0.717, 1.165) is 11.3 Å². The van der Waals surface area contributed by atoms with E-state index in [2.05, 4.69) is 10.2 Å². The highest BCUT2D eigenvalue weighted by Gasteiger charge is 2.13. The summed E-state index contributed by atoms with van der Waals surface area (Å²) >= 11 is 12.0. The molecule has 0 radical (unpaired) electrons. The molecule has 0 fully saturated rings. The van der Waals surface area contributed by atoms with E-state index in [1.54, 1.807) is 12.3 Å². The van der Waals surface area contributed by atoms with E-state index >= 15 is 0 Å². The second kappa shape index (κ2) is 4.81. The molecule has 1 atom stereocenters. The van der Waals surface area contributed by atoms with E-state index in [-0.39, 0.29) is 5.92 Å². The van der Waals surface area contributed by atoms with Crippen molar-refractivity contribution < 1.29 is 0 Å². The van der Waals surface area contributed by atoms with Gasteiger partial charge < -0.3 is 0 Å². The molecule has 0 spiro atoms. The van der Waals surface area contributed by atoms with Gasteiger partial charge in [0.25, 0.3) is 0 Å². The quantitative estimate of drug-likeness (QED) is 0.810. The van der Waals surface area contributed by atoms with Gasteiger partial charge in [-0.15, -0.1) is 0 Å². The summed E-state index contributed by atoms with van der Waals surface area (Å²) in [6.45, 7) is 2.04. The molecule has 0 aliphatic carbocycles. The molecule has 1 aromatic carbocycles. The van der Waals surface area contributed by atoms with Crippen LogP contribution in [0.2, 0.25) is 10.0 Å². The number of hydrogen-bond acceptors (Lipinski definition) is 2. The summed E-state index contributed by atoms with van der Waals surface area (Å²) in [5.74, 6) is 0.110. The summed E-state index contributed by atoms with van der Waals surface area (Å²) in [7, 11) is 0. The molecule has 0 saturated carbocycles. The number of benzene rings is 1. The molecule has 16 heavy (non-hydrogen) atoms. The zero-order valence-electron chi connectivity index (χ0n) is 8.69. The number of hydrogen-bond donors (Lipinski definition) is 0. The highest BCUT2D eigenvalue weighted by atomic mass is 35.5. The lowest BCUT2D eigenvalue weighted by atomic mass is 9.97. The minimum Gasteiger partial charge on any atom is -0.159 e. The number of halogens is 2. The summed E-state index contributed by atoms with van der Waals surface area (Å²) in [6.07, 6.45) is 1.65. The van der Waals surface area contributed by atoms with Crippen LogP contribution in [0.4, 0.5) is 0 Å². The van der Waals surface area contributed by atoms with Gasteiger partial charge in [-0.1, -0.05) is 36.2 Å². The van der Waals surface area contributed by atoms with Gasteiger partial charge in [0.05, 0.1) is 5.69 Å². The highest BCUT2D eigenvalue weighted by Crippen LogP contribution is 2.30. The first-order chi connectivity index (χ1) is 7.68. The van der Waals surface area contributed by atoms with Crippen molar-refractivity contribution >= 4 is 23.2 Å². The van der Waals surface area contributed by atoms with Gasteiger partial charge in [0.15, 0.2) is 0 Å². The SMILES string of the molecule is CC(c1cccnn1)c1ccc(Cl)cc1Cl. The second-order valence-corrected chi connectivity index (χ2v) is 4.38. The number of nitrogens with zero attached hydrogens (tertiary/aromatic N) is 2. The van der Waals surface area contributed by atoms with Gasteiger partial charge in [-0.25, -0.2) is 0 Å². The highest BCUT2D eigenvalue weighted by molar-refractivity contribution is 6.35. The van der Waals surface area contributed by atoms with E-state index in [0.29, 0.717) is 10.0 Å². The van der Waals surface area contributed by atoms with Crippen LogP contribution in [0.3, 0.4) is 0 Å². The van der Waals surface area contributed by atoms with Crippen LogP contribution in [0, 0.1) is 0 Å². The molecular formula is C12H10Cl2N2. The molecule has 2 aromatic rings. The van der Waals surface area contributed by atoms with E-state index < -0.39 is 0 Å². The Morgan fingerprint density at radius 1 is 1.19 bits per heavy atom. The molecule has 1 aromatic heterocycles. The monoisotopic (exact) mass is 252 g/mol. The van der Waals surface area contributed by atoms with Crippen molar-refractivity contribution in [3.05, 3.63) is 57.8 Å². The maximum atomic E-state index is 6.14. The lowest BCUT2D eigenvalue weighted by molar-refractivity contribution is 0.823. The molecule has 0 N–H and O–H groups in total. The summed E-state index contributed by atoms with van der Waals surface area (Å²) in [5, 5.41) is 9.23.